The molecule has 0 aromatic carbocycles. The molecule has 1 aromatic rings. The third-order valence-electron chi connectivity index (χ3n) is 4.84. The van der Waals surface area contributed by atoms with Crippen molar-refractivity contribution in [3.8, 4) is 0 Å². The Morgan fingerprint density at radius 1 is 1.10 bits per heavy atom. The molecule has 1 N–H and O–H groups in total. The molecule has 0 unspecified atom stereocenters. The zero-order valence-corrected chi connectivity index (χ0v) is 17.8. The molecule has 2 rings (SSSR count). The number of esters is 1. The predicted molar refractivity (Wildman–Crippen MR) is 109 cm³/mol. The molecule has 9 nitrogen and oxygen atoms in total. The maximum Gasteiger partial charge on any atom is 0.341 e. The standard InChI is InChI=1S/C20H36N4O5/c1-3-29-20(25)18-16-22-24(17-18)19-4-7-23(8-5-19)9-11-27-13-15-28-14-12-26-10-6-21-2/h16-17,19,21H,3-15H2,1-2H3. The number of hydrogen-bond acceptors (Lipinski definition) is 8. The molecule has 0 bridgehead atoms. The fraction of sp³-hybridized carbons (Fsp3) is 0.800. The van der Waals surface area contributed by atoms with E-state index in [0.717, 1.165) is 39.0 Å². The minimum Gasteiger partial charge on any atom is -0.462 e. The van der Waals surface area contributed by atoms with Crippen LogP contribution in [0.1, 0.15) is 36.2 Å². The molecular formula is C20H36N4O5. The van der Waals surface area contributed by atoms with Crippen LogP contribution in [0.3, 0.4) is 0 Å². The largest absolute Gasteiger partial charge is 0.462 e. The van der Waals surface area contributed by atoms with E-state index in [1.807, 2.05) is 11.7 Å². The van der Waals surface area contributed by atoms with Gasteiger partial charge in [0.2, 0.25) is 0 Å². The van der Waals surface area contributed by atoms with Crippen molar-refractivity contribution in [2.24, 2.45) is 0 Å². The van der Waals surface area contributed by atoms with Crippen molar-refractivity contribution in [1.82, 2.24) is 20.0 Å². The van der Waals surface area contributed by atoms with Crippen LogP contribution < -0.4 is 5.32 Å². The Balaban J connectivity index is 1.48. The SMILES string of the molecule is CCOC(=O)c1cnn(C2CCN(CCOCCOCCOCCNC)CC2)c1. The van der Waals surface area contributed by atoms with Gasteiger partial charge in [0.15, 0.2) is 0 Å². The molecule has 1 saturated heterocycles. The summed E-state index contributed by atoms with van der Waals surface area (Å²) in [4.78, 5) is 14.2. The third kappa shape index (κ3) is 9.22. The van der Waals surface area contributed by atoms with Gasteiger partial charge in [-0.3, -0.25) is 4.68 Å². The highest BCUT2D eigenvalue weighted by molar-refractivity contribution is 5.88. The van der Waals surface area contributed by atoms with Crippen molar-refractivity contribution >= 4 is 5.97 Å². The molecule has 2 heterocycles. The van der Waals surface area contributed by atoms with Gasteiger partial charge in [0.25, 0.3) is 0 Å². The second-order valence-corrected chi connectivity index (χ2v) is 6.94. The Morgan fingerprint density at radius 3 is 2.41 bits per heavy atom. The summed E-state index contributed by atoms with van der Waals surface area (Å²) in [5, 5.41) is 7.38. The lowest BCUT2D eigenvalue weighted by atomic mass is 10.1. The number of carbonyl (C=O) groups is 1. The number of nitrogens with zero attached hydrogens (tertiary/aromatic N) is 3. The van der Waals surface area contributed by atoms with Crippen LogP contribution in [0.25, 0.3) is 0 Å². The van der Waals surface area contributed by atoms with Crippen molar-refractivity contribution in [1.29, 1.82) is 0 Å². The topological polar surface area (TPSA) is 87.1 Å². The Labute approximate surface area is 173 Å². The van der Waals surface area contributed by atoms with Crippen LogP contribution in [0.4, 0.5) is 0 Å². The summed E-state index contributed by atoms with van der Waals surface area (Å²) in [6, 6.07) is 0.332. The highest BCUT2D eigenvalue weighted by Crippen LogP contribution is 2.22. The van der Waals surface area contributed by atoms with Gasteiger partial charge in [-0.2, -0.15) is 5.10 Å². The minimum absolute atomic E-state index is 0.307. The van der Waals surface area contributed by atoms with Crippen molar-refractivity contribution in [3.05, 3.63) is 18.0 Å². The van der Waals surface area contributed by atoms with Crippen LogP contribution in [0, 0.1) is 0 Å². The number of likely N-dealkylation sites (tertiary alicyclic amines) is 1. The molecule has 0 radical (unpaired) electrons. The van der Waals surface area contributed by atoms with Gasteiger partial charge in [0.1, 0.15) is 0 Å². The van der Waals surface area contributed by atoms with Crippen LogP contribution in [-0.4, -0.2) is 100 Å². The molecule has 0 aliphatic carbocycles. The van der Waals surface area contributed by atoms with E-state index in [0.29, 0.717) is 57.9 Å². The molecular weight excluding hydrogens is 376 g/mol. The molecule has 0 spiro atoms. The number of piperidine rings is 1. The molecule has 1 fully saturated rings. The van der Waals surface area contributed by atoms with E-state index >= 15 is 0 Å². The molecule has 0 amide bonds. The average molecular weight is 413 g/mol. The average Bonchev–Trinajstić information content (AvgIpc) is 3.23. The van der Waals surface area contributed by atoms with Gasteiger partial charge in [-0.05, 0) is 26.8 Å². The van der Waals surface area contributed by atoms with E-state index in [1.54, 1.807) is 19.3 Å². The van der Waals surface area contributed by atoms with E-state index < -0.39 is 0 Å². The second kappa shape index (κ2) is 14.5. The van der Waals surface area contributed by atoms with Gasteiger partial charge in [0, 0.05) is 32.4 Å². The first kappa shape index (κ1) is 23.8. The maximum absolute atomic E-state index is 11.8. The summed E-state index contributed by atoms with van der Waals surface area (Å²) in [7, 11) is 1.90. The second-order valence-electron chi connectivity index (χ2n) is 6.94. The fourth-order valence-electron chi connectivity index (χ4n) is 3.17. The smallest absolute Gasteiger partial charge is 0.341 e. The highest BCUT2D eigenvalue weighted by atomic mass is 16.5. The van der Waals surface area contributed by atoms with Gasteiger partial charge in [0.05, 0.1) is 64.1 Å². The van der Waals surface area contributed by atoms with Crippen LogP contribution in [-0.2, 0) is 18.9 Å². The molecule has 1 aromatic heterocycles. The zero-order chi connectivity index (χ0) is 20.7. The lowest BCUT2D eigenvalue weighted by molar-refractivity contribution is 0.00965. The van der Waals surface area contributed by atoms with Gasteiger partial charge in [-0.15, -0.1) is 0 Å². The monoisotopic (exact) mass is 412 g/mol. The van der Waals surface area contributed by atoms with E-state index in [9.17, 15) is 4.79 Å². The minimum atomic E-state index is -0.307. The van der Waals surface area contributed by atoms with Gasteiger partial charge in [-0.25, -0.2) is 4.79 Å². The molecule has 9 heteroatoms. The highest BCUT2D eigenvalue weighted by Gasteiger charge is 2.22. The molecule has 1 aliphatic rings. The van der Waals surface area contributed by atoms with E-state index in [1.165, 1.54) is 0 Å². The number of nitrogens with one attached hydrogen (secondary N) is 1. The lowest BCUT2D eigenvalue weighted by Crippen LogP contribution is -2.37. The van der Waals surface area contributed by atoms with E-state index in [-0.39, 0.29) is 5.97 Å². The number of likely N-dealkylation sites (N-methyl/N-ethyl adjacent to an activating group) is 1. The summed E-state index contributed by atoms with van der Waals surface area (Å²) in [5.74, 6) is -0.307. The summed E-state index contributed by atoms with van der Waals surface area (Å²) >= 11 is 0. The van der Waals surface area contributed by atoms with Crippen molar-refractivity contribution in [2.45, 2.75) is 25.8 Å². The molecule has 166 valence electrons. The van der Waals surface area contributed by atoms with Crippen LogP contribution in [0.2, 0.25) is 0 Å². The number of ether oxygens (including phenoxy) is 4. The maximum atomic E-state index is 11.8. The summed E-state index contributed by atoms with van der Waals surface area (Å²) in [5.41, 5.74) is 0.523. The van der Waals surface area contributed by atoms with E-state index in [2.05, 4.69) is 15.3 Å². The van der Waals surface area contributed by atoms with Crippen molar-refractivity contribution in [2.75, 3.05) is 79.5 Å². The molecule has 1 aliphatic heterocycles. The summed E-state index contributed by atoms with van der Waals surface area (Å²) in [6.07, 6.45) is 5.42. The van der Waals surface area contributed by atoms with E-state index in [4.69, 9.17) is 18.9 Å². The van der Waals surface area contributed by atoms with Gasteiger partial charge in [-0.1, -0.05) is 0 Å². The summed E-state index contributed by atoms with van der Waals surface area (Å²) in [6.45, 7) is 9.81. The first-order valence-corrected chi connectivity index (χ1v) is 10.6. The van der Waals surface area contributed by atoms with Gasteiger partial charge >= 0.3 is 5.97 Å². The number of rotatable bonds is 15. The number of aromatic nitrogens is 2. The van der Waals surface area contributed by atoms with Crippen molar-refractivity contribution < 1.29 is 23.7 Å². The number of hydrogen-bond donors (Lipinski definition) is 1. The first-order chi connectivity index (χ1) is 14.2. The van der Waals surface area contributed by atoms with Gasteiger partial charge < -0.3 is 29.2 Å². The molecule has 0 saturated carbocycles. The Morgan fingerprint density at radius 2 is 1.76 bits per heavy atom. The van der Waals surface area contributed by atoms with Crippen LogP contribution in [0.15, 0.2) is 12.4 Å². The third-order valence-corrected chi connectivity index (χ3v) is 4.84. The Kier molecular flexibility index (Phi) is 11.8. The lowest BCUT2D eigenvalue weighted by Gasteiger charge is -2.31. The normalized spacial score (nSPS) is 15.7. The Bertz CT molecular complexity index is 561. The predicted octanol–water partition coefficient (Wildman–Crippen LogP) is 0.966. The molecule has 0 atom stereocenters. The van der Waals surface area contributed by atoms with Crippen LogP contribution in [0.5, 0.6) is 0 Å². The fourth-order valence-corrected chi connectivity index (χ4v) is 3.17. The quantitative estimate of drug-likeness (QED) is 0.337. The number of carbonyl (C=O) groups excluding carboxylic acids is 1. The van der Waals surface area contributed by atoms with Crippen LogP contribution >= 0.6 is 0 Å². The van der Waals surface area contributed by atoms with Crippen molar-refractivity contribution in [3.63, 3.8) is 0 Å². The zero-order valence-electron chi connectivity index (χ0n) is 17.8. The molecule has 29 heavy (non-hydrogen) atoms. The Hall–Kier alpha value is -1.52. The first-order valence-electron chi connectivity index (χ1n) is 10.6. The summed E-state index contributed by atoms with van der Waals surface area (Å²) < 4.78 is 23.4.